The maximum absolute atomic E-state index is 12.6. The van der Waals surface area contributed by atoms with Crippen molar-refractivity contribution in [2.24, 2.45) is 5.10 Å². The third kappa shape index (κ3) is 5.20. The van der Waals surface area contributed by atoms with E-state index in [1.165, 1.54) is 6.21 Å². The molecule has 1 amide bonds. The fourth-order valence-electron chi connectivity index (χ4n) is 2.94. The molecule has 0 fully saturated rings. The number of hydrazone groups is 1. The van der Waals surface area contributed by atoms with E-state index in [-0.39, 0.29) is 0 Å². The predicted molar refractivity (Wildman–Crippen MR) is 124 cm³/mol. The van der Waals surface area contributed by atoms with Crippen molar-refractivity contribution in [2.45, 2.75) is 6.61 Å². The molecule has 0 spiro atoms. The van der Waals surface area contributed by atoms with Gasteiger partial charge in [0.05, 0.1) is 17.3 Å². The van der Waals surface area contributed by atoms with Crippen molar-refractivity contribution in [1.29, 1.82) is 0 Å². The number of amides is 1. The van der Waals surface area contributed by atoms with Crippen LogP contribution in [0.3, 0.4) is 0 Å². The number of fused-ring (bicyclic) bond motifs is 1. The third-order valence-corrected chi connectivity index (χ3v) is 5.07. The average molecular weight is 450 g/mol. The van der Waals surface area contributed by atoms with Gasteiger partial charge in [-0.2, -0.15) is 5.10 Å². The number of pyridine rings is 1. The molecule has 1 N–H and O–H groups in total. The smallest absolute Gasteiger partial charge is 0.275 e. The van der Waals surface area contributed by atoms with Crippen LogP contribution in [0.2, 0.25) is 10.2 Å². The molecule has 4 rings (SSSR count). The number of nitrogens with one attached hydrogen (secondary N) is 1. The van der Waals surface area contributed by atoms with Crippen molar-refractivity contribution >= 4 is 46.2 Å². The number of hydrogen-bond donors (Lipinski definition) is 1. The normalized spacial score (nSPS) is 11.0. The average Bonchev–Trinajstić information content (AvgIpc) is 2.79. The molecule has 0 aliphatic carbocycles. The Balaban J connectivity index is 1.45. The fourth-order valence-corrected chi connectivity index (χ4v) is 3.26. The molecular weight excluding hydrogens is 433 g/mol. The maximum atomic E-state index is 12.6. The highest BCUT2D eigenvalue weighted by molar-refractivity contribution is 6.32. The molecule has 0 saturated carbocycles. The van der Waals surface area contributed by atoms with E-state index in [2.05, 4.69) is 15.5 Å². The lowest BCUT2D eigenvalue weighted by molar-refractivity contribution is 0.0950. The molecule has 4 aromatic rings. The summed E-state index contributed by atoms with van der Waals surface area (Å²) in [4.78, 5) is 17.0. The minimum Gasteiger partial charge on any atom is -0.488 e. The van der Waals surface area contributed by atoms with E-state index in [9.17, 15) is 4.79 Å². The second-order valence-corrected chi connectivity index (χ2v) is 7.47. The number of hydrogen-bond acceptors (Lipinski definition) is 4. The number of carbonyl (C=O) groups excluding carboxylic acids is 1. The first-order chi connectivity index (χ1) is 15.1. The summed E-state index contributed by atoms with van der Waals surface area (Å²) in [6.07, 6.45) is 1.47. The highest BCUT2D eigenvalue weighted by Gasteiger charge is 2.12. The zero-order chi connectivity index (χ0) is 21.6. The zero-order valence-electron chi connectivity index (χ0n) is 16.3. The van der Waals surface area contributed by atoms with Crippen LogP contribution in [0.5, 0.6) is 5.75 Å². The quantitative estimate of drug-likeness (QED) is 0.227. The highest BCUT2D eigenvalue weighted by Crippen LogP contribution is 2.21. The van der Waals surface area contributed by atoms with Gasteiger partial charge >= 0.3 is 0 Å². The Morgan fingerprint density at radius 3 is 2.58 bits per heavy atom. The fraction of sp³-hybridized carbons (Fsp3) is 0.0417. The van der Waals surface area contributed by atoms with E-state index in [1.54, 1.807) is 36.4 Å². The Labute approximate surface area is 189 Å². The molecular formula is C24H17Cl2N3O2. The first-order valence-corrected chi connectivity index (χ1v) is 10.2. The zero-order valence-corrected chi connectivity index (χ0v) is 17.8. The van der Waals surface area contributed by atoms with Gasteiger partial charge < -0.3 is 4.74 Å². The van der Waals surface area contributed by atoms with Crippen LogP contribution in [-0.4, -0.2) is 17.1 Å². The lowest BCUT2D eigenvalue weighted by Crippen LogP contribution is -2.18. The molecule has 7 heteroatoms. The van der Waals surface area contributed by atoms with Crippen molar-refractivity contribution < 1.29 is 9.53 Å². The third-order valence-electron chi connectivity index (χ3n) is 4.51. The number of para-hydroxylation sites is 2. The van der Waals surface area contributed by atoms with Crippen molar-refractivity contribution in [3.8, 4) is 5.75 Å². The van der Waals surface area contributed by atoms with Gasteiger partial charge in [-0.25, -0.2) is 10.4 Å². The first kappa shape index (κ1) is 20.8. The second kappa shape index (κ2) is 9.60. The van der Waals surface area contributed by atoms with Crippen LogP contribution in [0.25, 0.3) is 10.9 Å². The Morgan fingerprint density at radius 2 is 1.74 bits per heavy atom. The number of aromatic nitrogens is 1. The van der Waals surface area contributed by atoms with Crippen LogP contribution in [0.1, 0.15) is 21.5 Å². The molecule has 0 bridgehead atoms. The van der Waals surface area contributed by atoms with Gasteiger partial charge in [0.2, 0.25) is 0 Å². The van der Waals surface area contributed by atoms with Crippen LogP contribution >= 0.6 is 23.2 Å². The first-order valence-electron chi connectivity index (χ1n) is 9.45. The topological polar surface area (TPSA) is 63.6 Å². The van der Waals surface area contributed by atoms with Gasteiger partial charge in [-0.3, -0.25) is 4.79 Å². The molecule has 31 heavy (non-hydrogen) atoms. The van der Waals surface area contributed by atoms with Gasteiger partial charge in [0.25, 0.3) is 5.91 Å². The lowest BCUT2D eigenvalue weighted by Gasteiger charge is -2.10. The van der Waals surface area contributed by atoms with Gasteiger partial charge in [0.1, 0.15) is 17.5 Å². The largest absolute Gasteiger partial charge is 0.488 e. The maximum Gasteiger partial charge on any atom is 0.275 e. The molecule has 0 saturated heterocycles. The number of benzene rings is 3. The van der Waals surface area contributed by atoms with Crippen molar-refractivity contribution in [3.05, 3.63) is 106 Å². The molecule has 3 aromatic carbocycles. The SMILES string of the molecule is O=C(N/N=C\c1cc2ccccc2nc1Cl)c1ccccc1OCc1ccc(Cl)cc1. The van der Waals surface area contributed by atoms with Gasteiger partial charge in [0, 0.05) is 16.0 Å². The van der Waals surface area contributed by atoms with E-state index in [0.717, 1.165) is 16.5 Å². The summed E-state index contributed by atoms with van der Waals surface area (Å²) in [6, 6.07) is 23.8. The molecule has 0 atom stereocenters. The molecule has 1 heterocycles. The lowest BCUT2D eigenvalue weighted by atomic mass is 10.2. The Hall–Kier alpha value is -3.41. The summed E-state index contributed by atoms with van der Waals surface area (Å²) in [5.74, 6) is 0.0587. The summed E-state index contributed by atoms with van der Waals surface area (Å²) < 4.78 is 5.83. The summed E-state index contributed by atoms with van der Waals surface area (Å²) in [6.45, 7) is 0.309. The van der Waals surface area contributed by atoms with E-state index in [1.807, 2.05) is 42.5 Å². The van der Waals surface area contributed by atoms with E-state index in [0.29, 0.717) is 33.7 Å². The standard InChI is InChI=1S/C24H17Cl2N3O2/c25-19-11-9-16(10-12-19)15-31-22-8-4-2-6-20(22)24(30)29-27-14-18-13-17-5-1-3-7-21(17)28-23(18)26/h1-14H,15H2,(H,29,30)/b27-14-. The van der Waals surface area contributed by atoms with Crippen molar-refractivity contribution in [1.82, 2.24) is 10.4 Å². The molecule has 154 valence electrons. The molecule has 5 nitrogen and oxygen atoms in total. The Bertz CT molecular complexity index is 1260. The van der Waals surface area contributed by atoms with Crippen LogP contribution in [0, 0.1) is 0 Å². The van der Waals surface area contributed by atoms with Crippen LogP contribution in [0.4, 0.5) is 0 Å². The number of halogens is 2. The summed E-state index contributed by atoms with van der Waals surface area (Å²) in [5.41, 5.74) is 5.22. The summed E-state index contributed by atoms with van der Waals surface area (Å²) in [5, 5.41) is 5.93. The molecule has 0 aliphatic heterocycles. The predicted octanol–water partition coefficient (Wildman–Crippen LogP) is 5.88. The van der Waals surface area contributed by atoms with Gasteiger partial charge in [-0.1, -0.05) is 65.7 Å². The number of nitrogens with zero attached hydrogens (tertiary/aromatic N) is 2. The Morgan fingerprint density at radius 1 is 1.00 bits per heavy atom. The van der Waals surface area contributed by atoms with E-state index >= 15 is 0 Å². The van der Waals surface area contributed by atoms with E-state index in [4.69, 9.17) is 27.9 Å². The number of carbonyl (C=O) groups is 1. The van der Waals surface area contributed by atoms with Crippen LogP contribution in [0.15, 0.2) is 84.0 Å². The number of ether oxygens (including phenoxy) is 1. The molecule has 0 radical (unpaired) electrons. The molecule has 0 aliphatic rings. The Kier molecular flexibility index (Phi) is 6.46. The minimum absolute atomic E-state index is 0.309. The van der Waals surface area contributed by atoms with Crippen LogP contribution < -0.4 is 10.2 Å². The molecule has 0 unspecified atom stereocenters. The highest BCUT2D eigenvalue weighted by atomic mass is 35.5. The minimum atomic E-state index is -0.396. The van der Waals surface area contributed by atoms with Gasteiger partial charge in [-0.15, -0.1) is 0 Å². The van der Waals surface area contributed by atoms with Crippen molar-refractivity contribution in [3.63, 3.8) is 0 Å². The van der Waals surface area contributed by atoms with E-state index < -0.39 is 5.91 Å². The summed E-state index contributed by atoms with van der Waals surface area (Å²) >= 11 is 12.1. The second-order valence-electron chi connectivity index (χ2n) is 6.67. The van der Waals surface area contributed by atoms with Crippen LogP contribution in [-0.2, 0) is 6.61 Å². The number of rotatable bonds is 6. The molecule has 1 aromatic heterocycles. The van der Waals surface area contributed by atoms with Gasteiger partial charge in [-0.05, 0) is 42.0 Å². The van der Waals surface area contributed by atoms with Crippen molar-refractivity contribution in [2.75, 3.05) is 0 Å². The van der Waals surface area contributed by atoms with Gasteiger partial charge in [0.15, 0.2) is 0 Å². The monoisotopic (exact) mass is 449 g/mol. The summed E-state index contributed by atoms with van der Waals surface area (Å²) in [7, 11) is 0.